The Hall–Kier alpha value is -1.74. The van der Waals surface area contributed by atoms with E-state index in [1.807, 2.05) is 61.5 Å². The second-order valence-electron chi connectivity index (χ2n) is 4.50. The summed E-state index contributed by atoms with van der Waals surface area (Å²) in [6.45, 7) is 1.98. The van der Waals surface area contributed by atoms with Crippen LogP contribution in [0.1, 0.15) is 11.1 Å². The predicted octanol–water partition coefficient (Wildman–Crippen LogP) is 2.91. The molecular weight excluding hydrogens is 256 g/mol. The van der Waals surface area contributed by atoms with Crippen LogP contribution in [0.15, 0.2) is 59.5 Å². The number of aryl methyl sites for hydroxylation is 1. The molecule has 2 nitrogen and oxygen atoms in total. The van der Waals surface area contributed by atoms with E-state index in [9.17, 15) is 9.00 Å². The van der Waals surface area contributed by atoms with Crippen molar-refractivity contribution in [2.45, 2.75) is 18.2 Å². The molecule has 0 N–H and O–H groups in total. The standard InChI is InChI=1S/C16H16O2S/c1-13-7-9-16(10-8-13)19(18)12-15(17)11-14-5-3-2-4-6-14/h2-10H,11-12H2,1H3. The van der Waals surface area contributed by atoms with Gasteiger partial charge < -0.3 is 0 Å². The zero-order chi connectivity index (χ0) is 13.7. The number of Topliss-reactive ketones (excluding diaryl/α,β-unsaturated/α-hetero) is 1. The van der Waals surface area contributed by atoms with E-state index in [0.29, 0.717) is 11.3 Å². The topological polar surface area (TPSA) is 34.1 Å². The maximum Gasteiger partial charge on any atom is 0.150 e. The van der Waals surface area contributed by atoms with E-state index < -0.39 is 10.8 Å². The number of hydrogen-bond donors (Lipinski definition) is 0. The summed E-state index contributed by atoms with van der Waals surface area (Å²) in [5, 5.41) is 0. The van der Waals surface area contributed by atoms with Crippen LogP contribution in [0.25, 0.3) is 0 Å². The first kappa shape index (κ1) is 13.7. The molecule has 0 aromatic heterocycles. The molecule has 0 heterocycles. The van der Waals surface area contributed by atoms with Crippen LogP contribution in [0, 0.1) is 6.92 Å². The minimum absolute atomic E-state index is 0.00473. The van der Waals surface area contributed by atoms with Gasteiger partial charge in [0.25, 0.3) is 0 Å². The predicted molar refractivity (Wildman–Crippen MR) is 77.6 cm³/mol. The highest BCUT2D eigenvalue weighted by Crippen LogP contribution is 2.09. The molecule has 0 spiro atoms. The molecule has 0 aliphatic carbocycles. The largest absolute Gasteiger partial charge is 0.298 e. The molecule has 0 fully saturated rings. The molecule has 3 heteroatoms. The van der Waals surface area contributed by atoms with E-state index in [4.69, 9.17) is 0 Å². The molecule has 0 aliphatic rings. The lowest BCUT2D eigenvalue weighted by atomic mass is 10.1. The summed E-state index contributed by atoms with van der Waals surface area (Å²) in [6, 6.07) is 17.0. The van der Waals surface area contributed by atoms with Gasteiger partial charge in [-0.05, 0) is 24.6 Å². The molecule has 1 unspecified atom stereocenters. The van der Waals surface area contributed by atoms with Gasteiger partial charge in [0.15, 0.2) is 0 Å². The first-order valence-electron chi connectivity index (χ1n) is 6.16. The number of rotatable bonds is 5. The van der Waals surface area contributed by atoms with Gasteiger partial charge in [-0.25, -0.2) is 0 Å². The number of ketones is 1. The van der Waals surface area contributed by atoms with E-state index in [1.165, 1.54) is 0 Å². The lowest BCUT2D eigenvalue weighted by Crippen LogP contribution is -2.13. The molecule has 0 bridgehead atoms. The highest BCUT2D eigenvalue weighted by Gasteiger charge is 2.10. The quantitative estimate of drug-likeness (QED) is 0.838. The van der Waals surface area contributed by atoms with Crippen molar-refractivity contribution in [1.29, 1.82) is 0 Å². The fourth-order valence-electron chi connectivity index (χ4n) is 1.79. The number of hydrogen-bond acceptors (Lipinski definition) is 2. The van der Waals surface area contributed by atoms with Crippen molar-refractivity contribution in [2.75, 3.05) is 5.75 Å². The Morgan fingerprint density at radius 1 is 1.00 bits per heavy atom. The van der Waals surface area contributed by atoms with Crippen LogP contribution in [0.4, 0.5) is 0 Å². The van der Waals surface area contributed by atoms with Crippen LogP contribution in [0.5, 0.6) is 0 Å². The van der Waals surface area contributed by atoms with Crippen LogP contribution >= 0.6 is 0 Å². The van der Waals surface area contributed by atoms with Gasteiger partial charge in [0, 0.05) is 11.3 Å². The van der Waals surface area contributed by atoms with Gasteiger partial charge >= 0.3 is 0 Å². The summed E-state index contributed by atoms with van der Waals surface area (Å²) in [7, 11) is -1.24. The molecule has 0 aliphatic heterocycles. The highest BCUT2D eigenvalue weighted by atomic mass is 32.2. The van der Waals surface area contributed by atoms with Gasteiger partial charge in [-0.15, -0.1) is 0 Å². The Kier molecular flexibility index (Phi) is 4.63. The fraction of sp³-hybridized carbons (Fsp3) is 0.188. The minimum Gasteiger partial charge on any atom is -0.298 e. The lowest BCUT2D eigenvalue weighted by Gasteiger charge is -2.03. The average Bonchev–Trinajstić information content (AvgIpc) is 2.40. The zero-order valence-electron chi connectivity index (χ0n) is 10.8. The van der Waals surface area contributed by atoms with Crippen LogP contribution in [-0.2, 0) is 22.0 Å². The number of benzene rings is 2. The van der Waals surface area contributed by atoms with E-state index in [0.717, 1.165) is 11.1 Å². The molecule has 1 atom stereocenters. The van der Waals surface area contributed by atoms with Crippen molar-refractivity contribution < 1.29 is 9.00 Å². The summed E-state index contributed by atoms with van der Waals surface area (Å²) in [6.07, 6.45) is 0.346. The Balaban J connectivity index is 1.95. The summed E-state index contributed by atoms with van der Waals surface area (Å²) >= 11 is 0. The van der Waals surface area contributed by atoms with Crippen molar-refractivity contribution in [3.05, 3.63) is 65.7 Å². The van der Waals surface area contributed by atoms with E-state index >= 15 is 0 Å². The average molecular weight is 272 g/mol. The van der Waals surface area contributed by atoms with Gasteiger partial charge in [-0.3, -0.25) is 9.00 Å². The maximum atomic E-state index is 12.0. The molecule has 0 amide bonds. The molecular formula is C16H16O2S. The maximum absolute atomic E-state index is 12.0. The summed E-state index contributed by atoms with van der Waals surface area (Å²) in [5.41, 5.74) is 2.09. The molecule has 0 saturated heterocycles. The Labute approximate surface area is 115 Å². The van der Waals surface area contributed by atoms with Crippen LogP contribution < -0.4 is 0 Å². The number of carbonyl (C=O) groups excluding carboxylic acids is 1. The van der Waals surface area contributed by atoms with Crippen molar-refractivity contribution in [3.8, 4) is 0 Å². The van der Waals surface area contributed by atoms with Crippen molar-refractivity contribution in [3.63, 3.8) is 0 Å². The third-order valence-electron chi connectivity index (χ3n) is 2.82. The molecule has 98 valence electrons. The van der Waals surface area contributed by atoms with E-state index in [1.54, 1.807) is 0 Å². The van der Waals surface area contributed by atoms with E-state index in [-0.39, 0.29) is 11.5 Å². The first-order valence-corrected chi connectivity index (χ1v) is 7.48. The highest BCUT2D eigenvalue weighted by molar-refractivity contribution is 7.85. The minimum atomic E-state index is -1.24. The van der Waals surface area contributed by atoms with Gasteiger partial charge in [-0.1, -0.05) is 48.0 Å². The van der Waals surface area contributed by atoms with Gasteiger partial charge in [0.2, 0.25) is 0 Å². The van der Waals surface area contributed by atoms with Crippen molar-refractivity contribution >= 4 is 16.6 Å². The lowest BCUT2D eigenvalue weighted by molar-refractivity contribution is -0.116. The monoisotopic (exact) mass is 272 g/mol. The van der Waals surface area contributed by atoms with Crippen LogP contribution in [-0.4, -0.2) is 15.7 Å². The van der Waals surface area contributed by atoms with Crippen LogP contribution in [0.2, 0.25) is 0 Å². The molecule has 2 aromatic carbocycles. The zero-order valence-corrected chi connectivity index (χ0v) is 11.7. The first-order chi connectivity index (χ1) is 9.15. The third-order valence-corrected chi connectivity index (χ3v) is 4.20. The summed E-state index contributed by atoms with van der Waals surface area (Å²) < 4.78 is 12.0. The number of carbonyl (C=O) groups is 1. The Morgan fingerprint density at radius 3 is 2.26 bits per heavy atom. The molecule has 2 aromatic rings. The summed E-state index contributed by atoms with van der Waals surface area (Å²) in [5.74, 6) is 0.0860. The van der Waals surface area contributed by atoms with Crippen molar-refractivity contribution in [2.24, 2.45) is 0 Å². The van der Waals surface area contributed by atoms with Crippen molar-refractivity contribution in [1.82, 2.24) is 0 Å². The van der Waals surface area contributed by atoms with E-state index in [2.05, 4.69) is 0 Å². The third kappa shape index (κ3) is 4.14. The van der Waals surface area contributed by atoms with Gasteiger partial charge in [-0.2, -0.15) is 0 Å². The van der Waals surface area contributed by atoms with Crippen LogP contribution in [0.3, 0.4) is 0 Å². The van der Waals surface area contributed by atoms with Gasteiger partial charge in [0.05, 0.1) is 16.6 Å². The Bertz CT molecular complexity index is 573. The molecule has 0 saturated carbocycles. The molecule has 0 radical (unpaired) electrons. The molecule has 2 rings (SSSR count). The normalized spacial score (nSPS) is 12.1. The van der Waals surface area contributed by atoms with Gasteiger partial charge in [0.1, 0.15) is 5.78 Å². The second kappa shape index (κ2) is 6.43. The fourth-order valence-corrected chi connectivity index (χ4v) is 2.79. The SMILES string of the molecule is Cc1ccc(S(=O)CC(=O)Cc2ccccc2)cc1. The smallest absolute Gasteiger partial charge is 0.150 e. The second-order valence-corrected chi connectivity index (χ2v) is 5.96. The molecule has 19 heavy (non-hydrogen) atoms. The Morgan fingerprint density at radius 2 is 1.63 bits per heavy atom. The summed E-state index contributed by atoms with van der Waals surface area (Å²) in [4.78, 5) is 12.6.